The Morgan fingerprint density at radius 1 is 1.33 bits per heavy atom. The lowest BCUT2D eigenvalue weighted by molar-refractivity contribution is 0.133. The van der Waals surface area contributed by atoms with Crippen molar-refractivity contribution in [3.8, 4) is 0 Å². The van der Waals surface area contributed by atoms with Gasteiger partial charge in [0, 0.05) is 9.89 Å². The lowest BCUT2D eigenvalue weighted by atomic mass is 9.50. The molecule has 0 aliphatic carbocycles. The molecule has 0 saturated heterocycles. The average molecular weight is 267 g/mol. The van der Waals surface area contributed by atoms with Crippen LogP contribution in [0.15, 0.2) is 22.7 Å². The third-order valence-electron chi connectivity index (χ3n) is 2.60. The van der Waals surface area contributed by atoms with Crippen molar-refractivity contribution in [2.75, 3.05) is 0 Å². The smallest absolute Gasteiger partial charge is 0.123 e. The molecule has 0 aliphatic rings. The summed E-state index contributed by atoms with van der Waals surface area (Å²) >= 11 is 3.27. The molecule has 0 aliphatic heterocycles. The van der Waals surface area contributed by atoms with Crippen molar-refractivity contribution in [1.29, 1.82) is 0 Å². The normalized spacial score (nSPS) is 12.9. The molecule has 1 aromatic rings. The summed E-state index contributed by atoms with van der Waals surface area (Å²) in [7, 11) is 10.9. The van der Waals surface area contributed by atoms with E-state index in [4.69, 9.17) is 15.7 Å². The zero-order chi connectivity index (χ0) is 11.9. The fourth-order valence-electron chi connectivity index (χ4n) is 1.19. The molecule has 0 bridgehead atoms. The summed E-state index contributed by atoms with van der Waals surface area (Å²) in [5, 5.41) is 7.71. The van der Waals surface area contributed by atoms with Crippen molar-refractivity contribution < 1.29 is 9.50 Å². The van der Waals surface area contributed by atoms with Crippen LogP contribution in [-0.4, -0.2) is 26.2 Å². The van der Waals surface area contributed by atoms with Crippen molar-refractivity contribution in [1.82, 2.24) is 0 Å². The van der Waals surface area contributed by atoms with E-state index < -0.39 is 16.6 Å². The summed E-state index contributed by atoms with van der Waals surface area (Å²) in [4.78, 5) is 0. The molecule has 1 nitrogen and oxygen atoms in total. The van der Waals surface area contributed by atoms with Gasteiger partial charge >= 0.3 is 0 Å². The zero-order valence-corrected chi connectivity index (χ0v) is 10.2. The molecule has 0 unspecified atom stereocenters. The average Bonchev–Trinajstić information content (AvgIpc) is 2.07. The largest absolute Gasteiger partial charge is 0.408 e. The van der Waals surface area contributed by atoms with Crippen LogP contribution in [0.4, 0.5) is 4.39 Å². The van der Waals surface area contributed by atoms with E-state index in [0.29, 0.717) is 10.0 Å². The van der Waals surface area contributed by atoms with Gasteiger partial charge in [-0.2, -0.15) is 0 Å². The highest BCUT2D eigenvalue weighted by Crippen LogP contribution is 2.36. The summed E-state index contributed by atoms with van der Waals surface area (Å²) in [5.41, 5.74) is -0.441. The molecule has 0 heterocycles. The molecule has 1 aromatic carbocycles. The standard InChI is InChI=1S/C10H10B2BrFO/c1-9(2,10(11,12)15)7-5-6(14)3-4-8(7)13/h3-5,15H,1-2H3. The Morgan fingerprint density at radius 2 is 1.87 bits per heavy atom. The SMILES string of the molecule is [B]C([B])(O)C(C)(C)c1cc(F)ccc1Br. The minimum atomic E-state index is -1.91. The highest BCUT2D eigenvalue weighted by atomic mass is 79.9. The van der Waals surface area contributed by atoms with Gasteiger partial charge < -0.3 is 5.11 Å². The van der Waals surface area contributed by atoms with Crippen LogP contribution in [0.3, 0.4) is 0 Å². The fourth-order valence-corrected chi connectivity index (χ4v) is 1.93. The molecule has 0 saturated carbocycles. The first kappa shape index (κ1) is 12.8. The Labute approximate surface area is 100 Å². The van der Waals surface area contributed by atoms with E-state index >= 15 is 0 Å². The molecule has 0 aromatic heterocycles. The third kappa shape index (κ3) is 2.45. The molecule has 0 spiro atoms. The van der Waals surface area contributed by atoms with Gasteiger partial charge in [0.2, 0.25) is 0 Å². The van der Waals surface area contributed by atoms with E-state index in [1.54, 1.807) is 19.9 Å². The van der Waals surface area contributed by atoms with Gasteiger partial charge in [-0.1, -0.05) is 29.8 Å². The van der Waals surface area contributed by atoms with Crippen LogP contribution >= 0.6 is 15.9 Å². The van der Waals surface area contributed by atoms with Crippen LogP contribution < -0.4 is 0 Å². The topological polar surface area (TPSA) is 20.2 Å². The lowest BCUT2D eigenvalue weighted by Crippen LogP contribution is -2.49. The molecule has 15 heavy (non-hydrogen) atoms. The number of rotatable bonds is 2. The van der Waals surface area contributed by atoms with Crippen LogP contribution in [0.1, 0.15) is 19.4 Å². The first-order valence-electron chi connectivity index (χ1n) is 4.42. The third-order valence-corrected chi connectivity index (χ3v) is 3.29. The molecule has 76 valence electrons. The van der Waals surface area contributed by atoms with Gasteiger partial charge in [-0.25, -0.2) is 4.39 Å². The highest BCUT2D eigenvalue weighted by molar-refractivity contribution is 9.10. The maximum Gasteiger partial charge on any atom is 0.123 e. The Balaban J connectivity index is 3.32. The molecule has 0 atom stereocenters. The number of hydrogen-bond acceptors (Lipinski definition) is 1. The van der Waals surface area contributed by atoms with Crippen LogP contribution in [0.5, 0.6) is 0 Å². The fraction of sp³-hybridized carbons (Fsp3) is 0.400. The monoisotopic (exact) mass is 266 g/mol. The molecule has 0 amide bonds. The number of aliphatic hydroxyl groups is 1. The van der Waals surface area contributed by atoms with E-state index in [1.807, 2.05) is 0 Å². The van der Waals surface area contributed by atoms with Crippen molar-refractivity contribution in [2.24, 2.45) is 0 Å². The Kier molecular flexibility index (Phi) is 3.36. The van der Waals surface area contributed by atoms with Gasteiger partial charge in [-0.3, -0.25) is 0 Å². The van der Waals surface area contributed by atoms with E-state index in [0.717, 1.165) is 0 Å². The first-order valence-corrected chi connectivity index (χ1v) is 5.21. The number of hydrogen-bond donors (Lipinski definition) is 1. The lowest BCUT2D eigenvalue weighted by Gasteiger charge is -2.39. The Morgan fingerprint density at radius 3 is 2.33 bits per heavy atom. The van der Waals surface area contributed by atoms with Crippen molar-refractivity contribution in [3.05, 3.63) is 34.1 Å². The minimum Gasteiger partial charge on any atom is -0.408 e. The van der Waals surface area contributed by atoms with Gasteiger partial charge in [-0.05, 0) is 29.2 Å². The quantitative estimate of drug-likeness (QED) is 0.810. The Bertz CT molecular complexity index is 374. The molecule has 4 radical (unpaired) electrons. The van der Waals surface area contributed by atoms with Gasteiger partial charge in [0.1, 0.15) is 21.5 Å². The van der Waals surface area contributed by atoms with Gasteiger partial charge in [-0.15, -0.1) is 0 Å². The summed E-state index contributed by atoms with van der Waals surface area (Å²) in [6.45, 7) is 3.29. The molecule has 0 fully saturated rings. The van der Waals surface area contributed by atoms with Gasteiger partial charge in [0.15, 0.2) is 0 Å². The molecular weight excluding hydrogens is 257 g/mol. The molecular formula is C10H10B2BrFO. The van der Waals surface area contributed by atoms with E-state index in [2.05, 4.69) is 15.9 Å². The van der Waals surface area contributed by atoms with Crippen LogP contribution in [0.2, 0.25) is 0 Å². The second-order valence-electron chi connectivity index (χ2n) is 4.07. The summed E-state index contributed by atoms with van der Waals surface area (Å²) in [6.07, 6.45) is 0. The van der Waals surface area contributed by atoms with Crippen molar-refractivity contribution in [2.45, 2.75) is 24.7 Å². The number of halogens is 2. The second kappa shape index (κ2) is 3.95. The van der Waals surface area contributed by atoms with Crippen LogP contribution in [0, 0.1) is 5.82 Å². The zero-order valence-electron chi connectivity index (χ0n) is 8.59. The first-order chi connectivity index (χ1) is 6.66. The highest BCUT2D eigenvalue weighted by Gasteiger charge is 2.36. The summed E-state index contributed by atoms with van der Waals surface area (Å²) in [6, 6.07) is 4.17. The predicted octanol–water partition coefficient (Wildman–Crippen LogP) is 1.85. The van der Waals surface area contributed by atoms with Crippen LogP contribution in [0.25, 0.3) is 0 Å². The number of benzene rings is 1. The van der Waals surface area contributed by atoms with Crippen LogP contribution in [-0.2, 0) is 5.41 Å². The van der Waals surface area contributed by atoms with E-state index in [9.17, 15) is 9.50 Å². The van der Waals surface area contributed by atoms with E-state index in [-0.39, 0.29) is 0 Å². The van der Waals surface area contributed by atoms with Gasteiger partial charge in [0.05, 0.1) is 0 Å². The Hall–Kier alpha value is -0.280. The minimum absolute atomic E-state index is 0.398. The van der Waals surface area contributed by atoms with Gasteiger partial charge in [0.25, 0.3) is 0 Å². The summed E-state index contributed by atoms with van der Waals surface area (Å²) in [5.74, 6) is -0.398. The summed E-state index contributed by atoms with van der Waals surface area (Å²) < 4.78 is 13.7. The maximum atomic E-state index is 13.1. The van der Waals surface area contributed by atoms with Crippen molar-refractivity contribution >= 4 is 31.6 Å². The molecule has 1 rings (SSSR count). The van der Waals surface area contributed by atoms with Crippen molar-refractivity contribution in [3.63, 3.8) is 0 Å². The molecule has 1 N–H and O–H groups in total. The predicted molar refractivity (Wildman–Crippen MR) is 63.6 cm³/mol. The molecule has 5 heteroatoms. The van der Waals surface area contributed by atoms with E-state index in [1.165, 1.54) is 12.1 Å². The second-order valence-corrected chi connectivity index (χ2v) is 4.93. The maximum absolute atomic E-state index is 13.1.